The first-order valence-electron chi connectivity index (χ1n) is 12.3. The topological polar surface area (TPSA) is 63.6 Å². The molecular formula is C27H33N3O3S. The van der Waals surface area contributed by atoms with Gasteiger partial charge in [-0.1, -0.05) is 50.3 Å². The molecule has 0 unspecified atom stereocenters. The van der Waals surface area contributed by atoms with Crippen molar-refractivity contribution in [3.8, 4) is 5.75 Å². The summed E-state index contributed by atoms with van der Waals surface area (Å²) in [5, 5.41) is 5.39. The number of nitrogens with zero attached hydrogens (tertiary/aromatic N) is 2. The van der Waals surface area contributed by atoms with Crippen LogP contribution in [-0.4, -0.2) is 40.0 Å². The highest BCUT2D eigenvalue weighted by atomic mass is 32.1. The van der Waals surface area contributed by atoms with Gasteiger partial charge < -0.3 is 19.5 Å². The maximum Gasteiger partial charge on any atom is 0.271 e. The van der Waals surface area contributed by atoms with Gasteiger partial charge in [-0.2, -0.15) is 0 Å². The Hall–Kier alpha value is -2.80. The maximum absolute atomic E-state index is 13.9. The second-order valence-corrected chi connectivity index (χ2v) is 10.7. The van der Waals surface area contributed by atoms with Crippen molar-refractivity contribution in [1.29, 1.82) is 0 Å². The lowest BCUT2D eigenvalue weighted by Gasteiger charge is -2.45. The lowest BCUT2D eigenvalue weighted by molar-refractivity contribution is -0.134. The Kier molecular flexibility index (Phi) is 6.38. The van der Waals surface area contributed by atoms with Crippen LogP contribution in [0.5, 0.6) is 5.75 Å². The molecule has 2 aliphatic rings. The van der Waals surface area contributed by atoms with Crippen LogP contribution in [0, 0.1) is 0 Å². The van der Waals surface area contributed by atoms with Crippen LogP contribution in [0.15, 0.2) is 41.8 Å². The number of aromatic nitrogens is 1. The standard InChI is InChI=1S/C27H33N3O3S/c1-27(26(32)28-20-11-6-4-3-5-7-12-20)18-29-21-14-15-34-24(21)16-22(29)25(31)30(27)17-19-10-8-9-13-23(19)33-2/h8-10,13-16,20H,3-7,11-12,17-18H2,1-2H3,(H,28,32)/t27-/m0/s1. The third kappa shape index (κ3) is 4.11. The monoisotopic (exact) mass is 479 g/mol. The molecule has 7 heteroatoms. The van der Waals surface area contributed by atoms with E-state index in [1.807, 2.05) is 53.3 Å². The van der Waals surface area contributed by atoms with E-state index < -0.39 is 5.54 Å². The fraction of sp³-hybridized carbons (Fsp3) is 0.481. The van der Waals surface area contributed by atoms with Gasteiger partial charge in [-0.15, -0.1) is 11.3 Å². The molecule has 1 aliphatic carbocycles. The average Bonchev–Trinajstić information content (AvgIpc) is 3.41. The largest absolute Gasteiger partial charge is 0.496 e. The Morgan fingerprint density at radius 3 is 2.65 bits per heavy atom. The number of fused-ring (bicyclic) bond motifs is 3. The highest BCUT2D eigenvalue weighted by molar-refractivity contribution is 7.17. The second-order valence-electron chi connectivity index (χ2n) is 9.78. The van der Waals surface area contributed by atoms with E-state index in [1.165, 1.54) is 19.3 Å². The molecule has 1 atom stereocenters. The molecule has 1 fully saturated rings. The number of benzene rings is 1. The number of thiophene rings is 1. The van der Waals surface area contributed by atoms with Crippen LogP contribution in [0.4, 0.5) is 0 Å². The minimum atomic E-state index is -1.01. The minimum Gasteiger partial charge on any atom is -0.496 e. The fourth-order valence-corrected chi connectivity index (χ4v) is 6.29. The Morgan fingerprint density at radius 2 is 1.88 bits per heavy atom. The van der Waals surface area contributed by atoms with Gasteiger partial charge in [0, 0.05) is 11.6 Å². The summed E-state index contributed by atoms with van der Waals surface area (Å²) in [6, 6.07) is 11.9. The first-order chi connectivity index (χ1) is 16.5. The van der Waals surface area contributed by atoms with Crippen LogP contribution >= 0.6 is 11.3 Å². The number of carbonyl (C=O) groups excluding carboxylic acids is 2. The quantitative estimate of drug-likeness (QED) is 0.536. The van der Waals surface area contributed by atoms with E-state index >= 15 is 0 Å². The normalized spacial score (nSPS) is 21.7. The maximum atomic E-state index is 13.9. The molecule has 5 rings (SSSR count). The van der Waals surface area contributed by atoms with Gasteiger partial charge in [0.2, 0.25) is 5.91 Å². The molecule has 2 aromatic heterocycles. The number of hydrogen-bond donors (Lipinski definition) is 1. The van der Waals surface area contributed by atoms with Crippen molar-refractivity contribution in [2.24, 2.45) is 0 Å². The summed E-state index contributed by atoms with van der Waals surface area (Å²) in [6.07, 6.45) is 8.03. The van der Waals surface area contributed by atoms with E-state index in [0.29, 0.717) is 18.8 Å². The lowest BCUT2D eigenvalue weighted by atomic mass is 9.91. The third-order valence-corrected chi connectivity index (χ3v) is 8.35. The zero-order valence-electron chi connectivity index (χ0n) is 20.0. The van der Waals surface area contributed by atoms with Gasteiger partial charge >= 0.3 is 0 Å². The van der Waals surface area contributed by atoms with Gasteiger partial charge in [-0.05, 0) is 43.3 Å². The van der Waals surface area contributed by atoms with Crippen molar-refractivity contribution >= 4 is 33.4 Å². The predicted molar refractivity (Wildman–Crippen MR) is 135 cm³/mol. The summed E-state index contributed by atoms with van der Waals surface area (Å²) in [5.74, 6) is 0.542. The van der Waals surface area contributed by atoms with E-state index in [2.05, 4.69) is 5.32 Å². The second kappa shape index (κ2) is 9.45. The van der Waals surface area contributed by atoms with Crippen molar-refractivity contribution in [2.75, 3.05) is 7.11 Å². The van der Waals surface area contributed by atoms with Crippen molar-refractivity contribution in [2.45, 2.75) is 76.5 Å². The van der Waals surface area contributed by atoms with E-state index in [9.17, 15) is 9.59 Å². The smallest absolute Gasteiger partial charge is 0.271 e. The molecule has 1 aliphatic heterocycles. The van der Waals surface area contributed by atoms with Crippen LogP contribution in [0.2, 0.25) is 0 Å². The van der Waals surface area contributed by atoms with E-state index in [-0.39, 0.29) is 17.9 Å². The van der Waals surface area contributed by atoms with Gasteiger partial charge in [0.05, 0.1) is 30.4 Å². The highest BCUT2D eigenvalue weighted by Crippen LogP contribution is 2.36. The van der Waals surface area contributed by atoms with E-state index in [1.54, 1.807) is 23.3 Å². The first kappa shape index (κ1) is 23.0. The molecular weight excluding hydrogens is 446 g/mol. The third-order valence-electron chi connectivity index (χ3n) is 7.50. The van der Waals surface area contributed by atoms with Crippen molar-refractivity contribution in [3.05, 3.63) is 53.0 Å². The van der Waals surface area contributed by atoms with E-state index in [0.717, 1.165) is 47.2 Å². The Bertz CT molecular complexity index is 1190. The van der Waals surface area contributed by atoms with Gasteiger partial charge in [0.15, 0.2) is 0 Å². The molecule has 0 bridgehead atoms. The van der Waals surface area contributed by atoms with Crippen LogP contribution in [0.25, 0.3) is 10.2 Å². The first-order valence-corrected chi connectivity index (χ1v) is 13.2. The van der Waals surface area contributed by atoms with Crippen LogP contribution in [0.3, 0.4) is 0 Å². The van der Waals surface area contributed by atoms with Crippen molar-refractivity contribution in [1.82, 2.24) is 14.8 Å². The Morgan fingerprint density at radius 1 is 1.15 bits per heavy atom. The zero-order chi connectivity index (χ0) is 23.7. The number of amides is 2. The predicted octanol–water partition coefficient (Wildman–Crippen LogP) is 5.36. The molecule has 180 valence electrons. The number of methoxy groups -OCH3 is 1. The summed E-state index contributed by atoms with van der Waals surface area (Å²) < 4.78 is 8.67. The highest BCUT2D eigenvalue weighted by Gasteiger charge is 2.48. The number of para-hydroxylation sites is 1. The number of ether oxygens (including phenoxy) is 1. The van der Waals surface area contributed by atoms with E-state index in [4.69, 9.17) is 4.74 Å². The van der Waals surface area contributed by atoms with Crippen LogP contribution in [-0.2, 0) is 17.9 Å². The van der Waals surface area contributed by atoms with Crippen molar-refractivity contribution in [3.63, 3.8) is 0 Å². The van der Waals surface area contributed by atoms with Gasteiger partial charge in [-0.25, -0.2) is 0 Å². The Balaban J connectivity index is 1.51. The van der Waals surface area contributed by atoms with Crippen LogP contribution < -0.4 is 10.1 Å². The Labute approximate surface area is 204 Å². The summed E-state index contributed by atoms with van der Waals surface area (Å²) in [7, 11) is 1.64. The molecule has 3 heterocycles. The van der Waals surface area contributed by atoms with Crippen molar-refractivity contribution < 1.29 is 14.3 Å². The summed E-state index contributed by atoms with van der Waals surface area (Å²) in [5.41, 5.74) is 1.55. The SMILES string of the molecule is COc1ccccc1CN1C(=O)c2cc3sccc3n2C[C@@]1(C)C(=O)NC1CCCCCCC1. The summed E-state index contributed by atoms with van der Waals surface area (Å²) >= 11 is 1.62. The number of nitrogens with one attached hydrogen (secondary N) is 1. The molecule has 1 saturated carbocycles. The molecule has 3 aromatic rings. The molecule has 34 heavy (non-hydrogen) atoms. The molecule has 1 N–H and O–H groups in total. The molecule has 6 nitrogen and oxygen atoms in total. The lowest BCUT2D eigenvalue weighted by Crippen LogP contribution is -2.64. The molecule has 0 spiro atoms. The number of hydrogen-bond acceptors (Lipinski definition) is 4. The summed E-state index contributed by atoms with van der Waals surface area (Å²) in [4.78, 5) is 29.6. The van der Waals surface area contributed by atoms with Gasteiger partial charge in [0.25, 0.3) is 5.91 Å². The molecule has 1 aromatic carbocycles. The summed E-state index contributed by atoms with van der Waals surface area (Å²) in [6.45, 7) is 2.66. The van der Waals surface area contributed by atoms with Crippen LogP contribution in [0.1, 0.15) is 67.9 Å². The van der Waals surface area contributed by atoms with Gasteiger partial charge in [0.1, 0.15) is 17.0 Å². The fourth-order valence-electron chi connectivity index (χ4n) is 5.47. The number of carbonyl (C=O) groups is 2. The zero-order valence-corrected chi connectivity index (χ0v) is 20.8. The minimum absolute atomic E-state index is 0.0657. The molecule has 0 radical (unpaired) electrons. The molecule has 0 saturated heterocycles. The van der Waals surface area contributed by atoms with Gasteiger partial charge in [-0.3, -0.25) is 9.59 Å². The molecule has 2 amide bonds. The number of rotatable bonds is 5. The average molecular weight is 480 g/mol.